The van der Waals surface area contributed by atoms with Crippen LogP contribution in [0.2, 0.25) is 0 Å². The van der Waals surface area contributed by atoms with Gasteiger partial charge >= 0.3 is 0 Å². The third-order valence-corrected chi connectivity index (χ3v) is 7.63. The maximum absolute atomic E-state index is 10.8. The third kappa shape index (κ3) is 6.79. The highest BCUT2D eigenvalue weighted by molar-refractivity contribution is 8.67. The molecule has 0 fully saturated rings. The number of hydrogen-bond acceptors (Lipinski definition) is 3. The number of aryl methyl sites for hydroxylation is 2. The zero-order valence-corrected chi connectivity index (χ0v) is 17.5. The van der Waals surface area contributed by atoms with Gasteiger partial charge in [-0.05, 0) is 72.1 Å². The lowest BCUT2D eigenvalue weighted by molar-refractivity contribution is 0.499. The van der Waals surface area contributed by atoms with E-state index in [-0.39, 0.29) is 0 Å². The lowest BCUT2D eigenvalue weighted by Crippen LogP contribution is -1.95. The van der Waals surface area contributed by atoms with Gasteiger partial charge in [-0.3, -0.25) is 0 Å². The van der Waals surface area contributed by atoms with Crippen LogP contribution in [-0.2, 0) is 24.6 Å². The standard InChI is InChI=1S/C20H27O2PS2/c1-3-5-11-17-13-7-9-15-19(17)22-23(21,24)25-20-16-10-8-14-18(20)12-6-4-2/h7-10,13-16H,3-6,11-12H2,1-2H3,(H,21,24). The lowest BCUT2D eigenvalue weighted by atomic mass is 10.1. The minimum absolute atomic E-state index is 0.723. The molecule has 0 saturated carbocycles. The molecule has 2 aromatic rings. The minimum Gasteiger partial charge on any atom is -0.436 e. The molecular weight excluding hydrogens is 367 g/mol. The van der Waals surface area contributed by atoms with E-state index < -0.39 is 5.69 Å². The molecule has 2 aromatic carbocycles. The van der Waals surface area contributed by atoms with Crippen LogP contribution in [0.15, 0.2) is 53.4 Å². The first-order chi connectivity index (χ1) is 12.1. The van der Waals surface area contributed by atoms with E-state index in [9.17, 15) is 4.89 Å². The Morgan fingerprint density at radius 1 is 0.920 bits per heavy atom. The first kappa shape index (κ1) is 20.5. The Kier molecular flexibility index (Phi) is 8.51. The molecule has 2 rings (SSSR count). The zero-order chi connectivity index (χ0) is 18.1. The van der Waals surface area contributed by atoms with E-state index in [1.807, 2.05) is 36.4 Å². The molecular formula is C20H27O2PS2. The highest BCUT2D eigenvalue weighted by Gasteiger charge is 2.21. The van der Waals surface area contributed by atoms with Crippen molar-refractivity contribution in [1.82, 2.24) is 0 Å². The van der Waals surface area contributed by atoms with Crippen molar-refractivity contribution < 1.29 is 9.42 Å². The van der Waals surface area contributed by atoms with E-state index in [1.165, 1.54) is 16.9 Å². The number of hydrogen-bond donors (Lipinski definition) is 1. The quantitative estimate of drug-likeness (QED) is 0.451. The number of rotatable bonds is 10. The summed E-state index contributed by atoms with van der Waals surface area (Å²) >= 11 is 6.77. The molecule has 0 heterocycles. The Morgan fingerprint density at radius 3 is 2.16 bits per heavy atom. The molecule has 25 heavy (non-hydrogen) atoms. The Hall–Kier alpha value is -0.800. The van der Waals surface area contributed by atoms with Crippen molar-refractivity contribution in [3.05, 3.63) is 59.7 Å². The molecule has 0 amide bonds. The summed E-state index contributed by atoms with van der Waals surface area (Å²) in [5.41, 5.74) is -0.650. The molecule has 0 radical (unpaired) electrons. The Bertz CT molecular complexity index is 661. The van der Waals surface area contributed by atoms with E-state index in [4.69, 9.17) is 16.3 Å². The van der Waals surface area contributed by atoms with Gasteiger partial charge in [0, 0.05) is 4.90 Å². The van der Waals surface area contributed by atoms with Gasteiger partial charge in [0.25, 0.3) is 5.69 Å². The van der Waals surface area contributed by atoms with Crippen LogP contribution in [0.5, 0.6) is 5.75 Å². The fraction of sp³-hybridized carbons (Fsp3) is 0.400. The summed E-state index contributed by atoms with van der Waals surface area (Å²) in [5, 5.41) is 0. The predicted octanol–water partition coefficient (Wildman–Crippen LogP) is 6.76. The summed E-state index contributed by atoms with van der Waals surface area (Å²) in [6.45, 7) is 4.35. The van der Waals surface area contributed by atoms with Crippen LogP contribution in [-0.4, -0.2) is 4.89 Å². The van der Waals surface area contributed by atoms with Gasteiger partial charge in [0.2, 0.25) is 0 Å². The van der Waals surface area contributed by atoms with Crippen LogP contribution in [0.25, 0.3) is 0 Å². The Labute approximate surface area is 160 Å². The molecule has 5 heteroatoms. The largest absolute Gasteiger partial charge is 0.436 e. The van der Waals surface area contributed by atoms with Gasteiger partial charge in [-0.25, -0.2) is 0 Å². The van der Waals surface area contributed by atoms with Crippen molar-refractivity contribution in [2.24, 2.45) is 0 Å². The summed E-state index contributed by atoms with van der Waals surface area (Å²) < 4.78 is 5.94. The van der Waals surface area contributed by atoms with Gasteiger partial charge < -0.3 is 9.42 Å². The molecule has 0 bridgehead atoms. The van der Waals surface area contributed by atoms with Crippen molar-refractivity contribution in [2.75, 3.05) is 0 Å². The minimum atomic E-state index is -3.00. The first-order valence-corrected chi connectivity index (χ1v) is 13.0. The molecule has 1 unspecified atom stereocenters. The summed E-state index contributed by atoms with van der Waals surface area (Å²) in [6.07, 6.45) is 6.45. The maximum atomic E-state index is 10.8. The van der Waals surface area contributed by atoms with E-state index in [0.717, 1.165) is 54.7 Å². The second-order valence-electron chi connectivity index (χ2n) is 6.07. The number of unbranched alkanes of at least 4 members (excludes halogenated alkanes) is 2. The predicted molar refractivity (Wildman–Crippen MR) is 113 cm³/mol. The molecule has 0 spiro atoms. The average Bonchev–Trinajstić information content (AvgIpc) is 2.59. The van der Waals surface area contributed by atoms with Gasteiger partial charge in [-0.1, -0.05) is 63.1 Å². The third-order valence-electron chi connectivity index (χ3n) is 3.97. The van der Waals surface area contributed by atoms with Crippen LogP contribution in [0.1, 0.15) is 50.7 Å². The average molecular weight is 395 g/mol. The van der Waals surface area contributed by atoms with Crippen molar-refractivity contribution >= 4 is 28.9 Å². The topological polar surface area (TPSA) is 29.5 Å². The summed E-state index contributed by atoms with van der Waals surface area (Å²) in [4.78, 5) is 11.8. The van der Waals surface area contributed by atoms with Crippen molar-refractivity contribution in [1.29, 1.82) is 0 Å². The van der Waals surface area contributed by atoms with Crippen LogP contribution in [0.4, 0.5) is 0 Å². The number of benzene rings is 2. The first-order valence-electron chi connectivity index (χ1n) is 8.93. The van der Waals surface area contributed by atoms with Crippen molar-refractivity contribution in [3.63, 3.8) is 0 Å². The van der Waals surface area contributed by atoms with Gasteiger partial charge in [0.15, 0.2) is 0 Å². The van der Waals surface area contributed by atoms with Crippen LogP contribution >= 0.6 is 17.1 Å². The van der Waals surface area contributed by atoms with E-state index in [2.05, 4.69) is 26.0 Å². The fourth-order valence-electron chi connectivity index (χ4n) is 2.60. The SMILES string of the molecule is CCCCc1ccccc1OP(O)(=S)Sc1ccccc1CCCC. The summed E-state index contributed by atoms with van der Waals surface area (Å²) in [6, 6.07) is 16.1. The van der Waals surface area contributed by atoms with E-state index in [0.29, 0.717) is 0 Å². The van der Waals surface area contributed by atoms with E-state index in [1.54, 1.807) is 0 Å². The molecule has 136 valence electrons. The van der Waals surface area contributed by atoms with Crippen LogP contribution < -0.4 is 4.52 Å². The van der Waals surface area contributed by atoms with E-state index >= 15 is 0 Å². The molecule has 0 aliphatic heterocycles. The maximum Gasteiger partial charge on any atom is 0.299 e. The van der Waals surface area contributed by atoms with Crippen molar-refractivity contribution in [2.45, 2.75) is 57.3 Å². The van der Waals surface area contributed by atoms with Crippen molar-refractivity contribution in [3.8, 4) is 5.75 Å². The molecule has 0 saturated heterocycles. The zero-order valence-electron chi connectivity index (χ0n) is 15.0. The molecule has 1 N–H and O–H groups in total. The molecule has 0 aromatic heterocycles. The van der Waals surface area contributed by atoms with Crippen LogP contribution in [0.3, 0.4) is 0 Å². The molecule has 2 nitrogen and oxygen atoms in total. The highest BCUT2D eigenvalue weighted by atomic mass is 32.9. The normalized spacial score (nSPS) is 13.4. The van der Waals surface area contributed by atoms with Crippen LogP contribution in [0, 0.1) is 0 Å². The fourth-order valence-corrected chi connectivity index (χ4v) is 6.34. The van der Waals surface area contributed by atoms with Gasteiger partial charge in [-0.15, -0.1) is 0 Å². The van der Waals surface area contributed by atoms with Gasteiger partial charge in [-0.2, -0.15) is 0 Å². The Morgan fingerprint density at radius 2 is 1.48 bits per heavy atom. The monoisotopic (exact) mass is 394 g/mol. The molecule has 1 atom stereocenters. The second-order valence-corrected chi connectivity index (χ2v) is 12.0. The smallest absolute Gasteiger partial charge is 0.299 e. The lowest BCUT2D eigenvalue weighted by Gasteiger charge is -2.19. The summed E-state index contributed by atoms with van der Waals surface area (Å²) in [7, 11) is 0. The summed E-state index contributed by atoms with van der Waals surface area (Å²) in [5.74, 6) is 0.723. The second kappa shape index (κ2) is 10.4. The molecule has 0 aliphatic carbocycles. The van der Waals surface area contributed by atoms with Gasteiger partial charge in [0.1, 0.15) is 5.75 Å². The molecule has 0 aliphatic rings. The Balaban J connectivity index is 2.14. The number of para-hydroxylation sites is 1. The highest BCUT2D eigenvalue weighted by Crippen LogP contribution is 2.60. The van der Waals surface area contributed by atoms with Gasteiger partial charge in [0.05, 0.1) is 0 Å².